The van der Waals surface area contributed by atoms with E-state index in [0.717, 1.165) is 37.6 Å². The number of unbranched alkanes of at least 4 members (excludes halogenated alkanes) is 6. The Morgan fingerprint density at radius 3 is 1.28 bits per heavy atom. The highest BCUT2D eigenvalue weighted by atomic mass is 16.6. The molecule has 2 aromatic carbocycles. The minimum absolute atomic E-state index is 0.704. The molecule has 0 fully saturated rings. The van der Waals surface area contributed by atoms with Gasteiger partial charge in [-0.2, -0.15) is 0 Å². The van der Waals surface area contributed by atoms with Crippen molar-refractivity contribution in [1.29, 1.82) is 0 Å². The molecule has 157 valence electrons. The summed E-state index contributed by atoms with van der Waals surface area (Å²) in [6.45, 7) is 5.93. The van der Waals surface area contributed by atoms with Crippen LogP contribution in [-0.2, 0) is 0 Å². The van der Waals surface area contributed by atoms with Gasteiger partial charge in [-0.1, -0.05) is 52.4 Å². The first-order valence-corrected chi connectivity index (χ1v) is 10.9. The maximum atomic E-state index is 5.73. The second-order valence-corrected chi connectivity index (χ2v) is 7.09. The van der Waals surface area contributed by atoms with Gasteiger partial charge in [0.15, 0.2) is 0 Å². The van der Waals surface area contributed by atoms with Crippen LogP contribution in [0.25, 0.3) is 0 Å². The third-order valence-corrected chi connectivity index (χ3v) is 4.55. The van der Waals surface area contributed by atoms with Gasteiger partial charge in [0.25, 0.3) is 0 Å². The van der Waals surface area contributed by atoms with Crippen LogP contribution < -0.4 is 18.8 Å². The van der Waals surface area contributed by atoms with E-state index in [0.29, 0.717) is 11.5 Å². The highest BCUT2D eigenvalue weighted by Gasteiger charge is 2.03. The van der Waals surface area contributed by atoms with Crippen LogP contribution in [0.5, 0.6) is 23.0 Å². The molecular formula is C24H34BO4. The van der Waals surface area contributed by atoms with E-state index in [1.165, 1.54) is 46.2 Å². The molecule has 0 aromatic heterocycles. The van der Waals surface area contributed by atoms with Gasteiger partial charge < -0.3 is 18.8 Å². The van der Waals surface area contributed by atoms with Crippen molar-refractivity contribution in [3.63, 3.8) is 0 Å². The van der Waals surface area contributed by atoms with E-state index in [1.54, 1.807) is 0 Å². The van der Waals surface area contributed by atoms with Gasteiger partial charge in [0.1, 0.15) is 23.0 Å². The van der Waals surface area contributed by atoms with Crippen molar-refractivity contribution in [2.45, 2.75) is 65.2 Å². The van der Waals surface area contributed by atoms with Gasteiger partial charge in [0.2, 0.25) is 0 Å². The Bertz CT molecular complexity index is 585. The highest BCUT2D eigenvalue weighted by molar-refractivity contribution is 6.20. The lowest BCUT2D eigenvalue weighted by atomic mass is 10.2. The molecular weight excluding hydrogens is 363 g/mol. The highest BCUT2D eigenvalue weighted by Crippen LogP contribution is 2.20. The maximum Gasteiger partial charge on any atom is 0.658 e. The SMILES string of the molecule is CCCCCCOc1ccc(O[B]Oc2ccc(OCCCCCC)cc2)cc1. The van der Waals surface area contributed by atoms with Gasteiger partial charge in [-0.05, 0) is 61.4 Å². The summed E-state index contributed by atoms with van der Waals surface area (Å²) in [6.07, 6.45) is 9.63. The largest absolute Gasteiger partial charge is 0.658 e. The molecule has 0 saturated carbocycles. The Hall–Kier alpha value is -2.30. The Morgan fingerprint density at radius 1 is 0.517 bits per heavy atom. The molecule has 2 rings (SSSR count). The van der Waals surface area contributed by atoms with Crippen molar-refractivity contribution in [1.82, 2.24) is 0 Å². The number of benzene rings is 2. The lowest BCUT2D eigenvalue weighted by Gasteiger charge is -2.10. The smallest absolute Gasteiger partial charge is 0.526 e. The summed E-state index contributed by atoms with van der Waals surface area (Å²) in [5.41, 5.74) is 0. The Balaban J connectivity index is 1.61. The van der Waals surface area contributed by atoms with E-state index < -0.39 is 0 Å². The van der Waals surface area contributed by atoms with Crippen LogP contribution in [0, 0.1) is 0 Å². The van der Waals surface area contributed by atoms with Crippen LogP contribution >= 0.6 is 0 Å². The second kappa shape index (κ2) is 14.7. The first-order valence-electron chi connectivity index (χ1n) is 10.9. The lowest BCUT2D eigenvalue weighted by molar-refractivity contribution is 0.304. The van der Waals surface area contributed by atoms with E-state index >= 15 is 0 Å². The van der Waals surface area contributed by atoms with Crippen LogP contribution in [0.15, 0.2) is 48.5 Å². The topological polar surface area (TPSA) is 36.9 Å². The number of rotatable bonds is 16. The van der Waals surface area contributed by atoms with E-state index in [1.807, 2.05) is 48.5 Å². The molecule has 5 heteroatoms. The van der Waals surface area contributed by atoms with Crippen LogP contribution in [-0.4, -0.2) is 20.9 Å². The van der Waals surface area contributed by atoms with Crippen molar-refractivity contribution >= 4 is 7.69 Å². The van der Waals surface area contributed by atoms with Crippen LogP contribution in [0.4, 0.5) is 0 Å². The lowest BCUT2D eigenvalue weighted by Crippen LogP contribution is -2.10. The molecule has 0 spiro atoms. The second-order valence-electron chi connectivity index (χ2n) is 7.09. The fourth-order valence-corrected chi connectivity index (χ4v) is 2.80. The summed E-state index contributed by atoms with van der Waals surface area (Å²) in [6, 6.07) is 15.1. The van der Waals surface area contributed by atoms with Crippen LogP contribution in [0.3, 0.4) is 0 Å². The van der Waals surface area contributed by atoms with Crippen molar-refractivity contribution < 1.29 is 18.8 Å². The number of hydrogen-bond acceptors (Lipinski definition) is 4. The average molecular weight is 397 g/mol. The van der Waals surface area contributed by atoms with Crippen molar-refractivity contribution in [3.8, 4) is 23.0 Å². The Labute approximate surface area is 176 Å². The van der Waals surface area contributed by atoms with Crippen molar-refractivity contribution in [2.24, 2.45) is 0 Å². The zero-order valence-electron chi connectivity index (χ0n) is 17.9. The third kappa shape index (κ3) is 10.2. The molecule has 0 bridgehead atoms. The molecule has 1 radical (unpaired) electrons. The Morgan fingerprint density at radius 2 is 0.897 bits per heavy atom. The van der Waals surface area contributed by atoms with Gasteiger partial charge in [0.05, 0.1) is 13.2 Å². The molecule has 0 heterocycles. The summed E-state index contributed by atoms with van der Waals surface area (Å²) in [5.74, 6) is 3.13. The minimum Gasteiger partial charge on any atom is -0.526 e. The first-order chi connectivity index (χ1) is 14.3. The zero-order valence-corrected chi connectivity index (χ0v) is 17.9. The standard InChI is InChI=1S/C24H34BO4/c1-3-5-7-9-19-26-21-11-15-23(16-12-21)28-25-29-24-17-13-22(14-18-24)27-20-10-8-6-4-2/h11-18H,3-10,19-20H2,1-2H3. The van der Waals surface area contributed by atoms with E-state index in [9.17, 15) is 0 Å². The summed E-state index contributed by atoms with van der Waals surface area (Å²) >= 11 is 0. The molecule has 4 nitrogen and oxygen atoms in total. The summed E-state index contributed by atoms with van der Waals surface area (Å²) in [7, 11) is 1.33. The van der Waals surface area contributed by atoms with Gasteiger partial charge >= 0.3 is 7.69 Å². The van der Waals surface area contributed by atoms with Gasteiger partial charge in [-0.15, -0.1) is 0 Å². The van der Waals surface area contributed by atoms with Gasteiger partial charge in [-0.25, -0.2) is 0 Å². The average Bonchev–Trinajstić information content (AvgIpc) is 2.75. The number of ether oxygens (including phenoxy) is 2. The zero-order chi connectivity index (χ0) is 20.6. The molecule has 29 heavy (non-hydrogen) atoms. The fraction of sp³-hybridized carbons (Fsp3) is 0.500. The summed E-state index contributed by atoms with van der Waals surface area (Å²) < 4.78 is 22.5. The number of hydrogen-bond donors (Lipinski definition) is 0. The van der Waals surface area contributed by atoms with E-state index in [2.05, 4.69) is 13.8 Å². The molecule has 0 amide bonds. The summed E-state index contributed by atoms with van der Waals surface area (Å²) in [5, 5.41) is 0. The van der Waals surface area contributed by atoms with Crippen LogP contribution in [0.1, 0.15) is 65.2 Å². The molecule has 0 aliphatic rings. The molecule has 0 unspecified atom stereocenters. The predicted molar refractivity (Wildman–Crippen MR) is 119 cm³/mol. The van der Waals surface area contributed by atoms with Crippen molar-refractivity contribution in [2.75, 3.05) is 13.2 Å². The predicted octanol–water partition coefficient (Wildman–Crippen LogP) is 6.60. The Kier molecular flexibility index (Phi) is 11.6. The molecule has 0 aliphatic carbocycles. The van der Waals surface area contributed by atoms with Gasteiger partial charge in [0, 0.05) is 0 Å². The third-order valence-electron chi connectivity index (χ3n) is 4.55. The maximum absolute atomic E-state index is 5.73. The van der Waals surface area contributed by atoms with E-state index in [4.69, 9.17) is 18.8 Å². The van der Waals surface area contributed by atoms with E-state index in [-0.39, 0.29) is 0 Å². The monoisotopic (exact) mass is 397 g/mol. The van der Waals surface area contributed by atoms with Crippen molar-refractivity contribution in [3.05, 3.63) is 48.5 Å². The van der Waals surface area contributed by atoms with Gasteiger partial charge in [-0.3, -0.25) is 0 Å². The minimum atomic E-state index is 0.704. The fourth-order valence-electron chi connectivity index (χ4n) is 2.80. The molecule has 0 aliphatic heterocycles. The quantitative estimate of drug-likeness (QED) is 0.236. The molecule has 0 atom stereocenters. The summed E-state index contributed by atoms with van der Waals surface area (Å²) in [4.78, 5) is 0. The molecule has 2 aromatic rings. The molecule has 0 N–H and O–H groups in total. The first kappa shape index (κ1) is 23.0. The molecule has 0 saturated heterocycles. The van der Waals surface area contributed by atoms with Crippen LogP contribution in [0.2, 0.25) is 0 Å². The normalized spacial score (nSPS) is 10.4.